The molecule has 3 rings (SSSR count). The van der Waals surface area contributed by atoms with Crippen LogP contribution in [0.1, 0.15) is 23.1 Å². The second-order valence-corrected chi connectivity index (χ2v) is 5.61. The van der Waals surface area contributed by atoms with Gasteiger partial charge in [-0.15, -0.1) is 0 Å². The number of hydrazone groups is 1. The second-order valence-electron chi connectivity index (χ2n) is 5.23. The molecule has 0 amide bonds. The Labute approximate surface area is 130 Å². The van der Waals surface area contributed by atoms with E-state index in [1.807, 2.05) is 24.4 Å². The fourth-order valence-corrected chi connectivity index (χ4v) is 2.77. The van der Waals surface area contributed by atoms with Crippen LogP contribution in [0.5, 0.6) is 0 Å². The van der Waals surface area contributed by atoms with E-state index in [1.165, 1.54) is 11.1 Å². The normalized spacial score (nSPS) is 14.4. The van der Waals surface area contributed by atoms with Gasteiger partial charge in [0, 0.05) is 0 Å². The molecule has 2 aromatic rings. The van der Waals surface area contributed by atoms with Crippen molar-refractivity contribution in [2.45, 2.75) is 19.8 Å². The predicted molar refractivity (Wildman–Crippen MR) is 90.8 cm³/mol. The lowest BCUT2D eigenvalue weighted by Crippen LogP contribution is -2.04. The number of aryl methyl sites for hydroxylation is 2. The maximum Gasteiger partial charge on any atom is 0.0561 e. The summed E-state index contributed by atoms with van der Waals surface area (Å²) in [6, 6.07) is 16.4. The van der Waals surface area contributed by atoms with E-state index in [1.54, 1.807) is 0 Å². The number of nitrogens with zero attached hydrogens (tertiary/aromatic N) is 1. The van der Waals surface area contributed by atoms with E-state index < -0.39 is 0 Å². The fraction of sp³-hybridized carbons (Fsp3) is 0.167. The van der Waals surface area contributed by atoms with Gasteiger partial charge in [0.25, 0.3) is 0 Å². The summed E-state index contributed by atoms with van der Waals surface area (Å²) in [5.74, 6) is 0. The van der Waals surface area contributed by atoms with Crippen molar-refractivity contribution in [2.75, 3.05) is 5.43 Å². The molecule has 0 saturated heterocycles. The highest BCUT2D eigenvalue weighted by Crippen LogP contribution is 2.33. The number of rotatable bonds is 3. The average molecular weight is 297 g/mol. The Hall–Kier alpha value is -2.06. The Bertz CT molecular complexity index is 699. The first-order chi connectivity index (χ1) is 10.2. The summed E-state index contributed by atoms with van der Waals surface area (Å²) in [6.45, 7) is 2.07. The monoisotopic (exact) mass is 296 g/mol. The van der Waals surface area contributed by atoms with Crippen LogP contribution in [0.15, 0.2) is 59.2 Å². The lowest BCUT2D eigenvalue weighted by atomic mass is 9.92. The predicted octanol–water partition coefficient (Wildman–Crippen LogP) is 4.99. The first-order valence-electron chi connectivity index (χ1n) is 7.07. The van der Waals surface area contributed by atoms with Crippen molar-refractivity contribution in [3.8, 4) is 0 Å². The van der Waals surface area contributed by atoms with Crippen LogP contribution in [0.2, 0.25) is 0 Å². The maximum absolute atomic E-state index is 6.48. The summed E-state index contributed by atoms with van der Waals surface area (Å²) in [4.78, 5) is 0. The molecule has 1 aliphatic rings. The zero-order valence-corrected chi connectivity index (χ0v) is 12.7. The van der Waals surface area contributed by atoms with Crippen LogP contribution in [-0.2, 0) is 6.42 Å². The molecular formula is C18H17ClN2. The van der Waals surface area contributed by atoms with Crippen LogP contribution in [0, 0.1) is 6.92 Å². The Morgan fingerprint density at radius 3 is 2.62 bits per heavy atom. The van der Waals surface area contributed by atoms with E-state index in [0.717, 1.165) is 34.7 Å². The van der Waals surface area contributed by atoms with Crippen molar-refractivity contribution in [1.82, 2.24) is 0 Å². The molecule has 0 heterocycles. The molecular weight excluding hydrogens is 280 g/mol. The van der Waals surface area contributed by atoms with Crippen molar-refractivity contribution in [3.05, 3.63) is 70.8 Å². The topological polar surface area (TPSA) is 24.4 Å². The van der Waals surface area contributed by atoms with Gasteiger partial charge in [-0.25, -0.2) is 0 Å². The number of halogens is 1. The molecule has 106 valence electrons. The highest BCUT2D eigenvalue weighted by Gasteiger charge is 2.15. The summed E-state index contributed by atoms with van der Waals surface area (Å²) >= 11 is 6.48. The molecule has 0 spiro atoms. The molecule has 0 aromatic heterocycles. The third-order valence-corrected chi connectivity index (χ3v) is 4.11. The van der Waals surface area contributed by atoms with Gasteiger partial charge in [-0.2, -0.15) is 5.10 Å². The smallest absolute Gasteiger partial charge is 0.0561 e. The van der Waals surface area contributed by atoms with E-state index in [2.05, 4.69) is 47.8 Å². The van der Waals surface area contributed by atoms with Crippen LogP contribution in [-0.4, -0.2) is 6.21 Å². The van der Waals surface area contributed by atoms with Crippen molar-refractivity contribution in [2.24, 2.45) is 5.10 Å². The highest BCUT2D eigenvalue weighted by atomic mass is 35.5. The molecule has 2 aromatic carbocycles. The molecule has 0 bridgehead atoms. The molecule has 1 aliphatic carbocycles. The molecule has 3 heteroatoms. The minimum Gasteiger partial charge on any atom is -0.279 e. The molecule has 0 unspecified atom stereocenters. The van der Waals surface area contributed by atoms with E-state index in [0.29, 0.717) is 0 Å². The van der Waals surface area contributed by atoms with Gasteiger partial charge >= 0.3 is 0 Å². The van der Waals surface area contributed by atoms with Crippen molar-refractivity contribution in [3.63, 3.8) is 0 Å². The highest BCUT2D eigenvalue weighted by molar-refractivity contribution is 6.50. The average Bonchev–Trinajstić information content (AvgIpc) is 2.52. The molecule has 1 N–H and O–H groups in total. The third kappa shape index (κ3) is 3.17. The minimum absolute atomic E-state index is 0.811. The van der Waals surface area contributed by atoms with Crippen LogP contribution in [0.4, 0.5) is 5.69 Å². The molecule has 21 heavy (non-hydrogen) atoms. The Morgan fingerprint density at radius 2 is 1.81 bits per heavy atom. The molecule has 0 saturated carbocycles. The first-order valence-corrected chi connectivity index (χ1v) is 7.44. The van der Waals surface area contributed by atoms with Gasteiger partial charge < -0.3 is 0 Å². The number of benzene rings is 2. The van der Waals surface area contributed by atoms with Gasteiger partial charge in [-0.05, 0) is 48.6 Å². The molecule has 0 radical (unpaired) electrons. The van der Waals surface area contributed by atoms with Crippen LogP contribution < -0.4 is 5.43 Å². The van der Waals surface area contributed by atoms with Gasteiger partial charge in [0.2, 0.25) is 0 Å². The lowest BCUT2D eigenvalue weighted by Gasteiger charge is -2.17. The molecule has 2 nitrogen and oxygen atoms in total. The molecule has 0 fully saturated rings. The summed E-state index contributed by atoms with van der Waals surface area (Å²) in [7, 11) is 0. The van der Waals surface area contributed by atoms with Gasteiger partial charge in [0.05, 0.1) is 16.9 Å². The van der Waals surface area contributed by atoms with Gasteiger partial charge in [-0.3, -0.25) is 5.43 Å². The maximum atomic E-state index is 6.48. The summed E-state index contributed by atoms with van der Waals surface area (Å²) < 4.78 is 0. The van der Waals surface area contributed by atoms with Crippen molar-refractivity contribution >= 4 is 28.5 Å². The quantitative estimate of drug-likeness (QED) is 0.626. The fourth-order valence-electron chi connectivity index (χ4n) is 2.44. The Morgan fingerprint density at radius 1 is 1.05 bits per heavy atom. The number of fused-ring (bicyclic) bond motifs is 1. The SMILES string of the molecule is Cc1ccc(N/N=C\C2=C(Cl)c3ccccc3CC2)cc1. The summed E-state index contributed by atoms with van der Waals surface area (Å²) in [5.41, 5.74) is 8.77. The van der Waals surface area contributed by atoms with E-state index in [9.17, 15) is 0 Å². The van der Waals surface area contributed by atoms with Crippen LogP contribution in [0.3, 0.4) is 0 Å². The third-order valence-electron chi connectivity index (χ3n) is 3.67. The number of hydrogen-bond donors (Lipinski definition) is 1. The van der Waals surface area contributed by atoms with E-state index in [4.69, 9.17) is 11.6 Å². The minimum atomic E-state index is 0.811. The Balaban J connectivity index is 1.76. The first kappa shape index (κ1) is 13.9. The van der Waals surface area contributed by atoms with Gasteiger partial charge in [0.1, 0.15) is 0 Å². The molecule has 0 atom stereocenters. The number of allylic oxidation sites excluding steroid dienone is 1. The van der Waals surface area contributed by atoms with Crippen LogP contribution >= 0.6 is 11.6 Å². The summed E-state index contributed by atoms with van der Waals surface area (Å²) in [6.07, 6.45) is 3.77. The van der Waals surface area contributed by atoms with Crippen molar-refractivity contribution in [1.29, 1.82) is 0 Å². The Kier molecular flexibility index (Phi) is 4.07. The molecule has 0 aliphatic heterocycles. The largest absolute Gasteiger partial charge is 0.279 e. The van der Waals surface area contributed by atoms with Crippen molar-refractivity contribution < 1.29 is 0 Å². The number of nitrogens with one attached hydrogen (secondary N) is 1. The van der Waals surface area contributed by atoms with Crippen LogP contribution in [0.25, 0.3) is 5.03 Å². The lowest BCUT2D eigenvalue weighted by molar-refractivity contribution is 0.960. The van der Waals surface area contributed by atoms with E-state index >= 15 is 0 Å². The standard InChI is InChI=1S/C18H17ClN2/c1-13-6-10-16(11-7-13)21-20-12-15-9-8-14-4-2-3-5-17(14)18(15)19/h2-7,10-12,21H,8-9H2,1H3/b20-12-. The number of hydrogen-bond acceptors (Lipinski definition) is 2. The zero-order valence-electron chi connectivity index (χ0n) is 11.9. The van der Waals surface area contributed by atoms with Gasteiger partial charge in [0.15, 0.2) is 0 Å². The summed E-state index contributed by atoms with van der Waals surface area (Å²) in [5, 5.41) is 5.11. The second kappa shape index (κ2) is 6.15. The number of anilines is 1. The van der Waals surface area contributed by atoms with Gasteiger partial charge in [-0.1, -0.05) is 53.6 Å². The van der Waals surface area contributed by atoms with E-state index in [-0.39, 0.29) is 0 Å². The zero-order chi connectivity index (χ0) is 14.7.